The van der Waals surface area contributed by atoms with Gasteiger partial charge in [0.15, 0.2) is 0 Å². The molecule has 1 saturated heterocycles. The van der Waals surface area contributed by atoms with Crippen LogP contribution in [0.5, 0.6) is 0 Å². The third kappa shape index (κ3) is 2.49. The lowest BCUT2D eigenvalue weighted by atomic mass is 10.1. The van der Waals surface area contributed by atoms with E-state index in [1.165, 1.54) is 11.1 Å². The van der Waals surface area contributed by atoms with Crippen LogP contribution in [0.1, 0.15) is 30.2 Å². The lowest BCUT2D eigenvalue weighted by Crippen LogP contribution is -2.46. The number of ether oxygens (including phenoxy) is 1. The number of hydrogen-bond acceptors (Lipinski definition) is 4. The maximum Gasteiger partial charge on any atom is 0.134 e. The standard InChI is InChI=1S/C14H23N3O/c1-4-12-9-18-6-5-17(12)14-13(8-15)10(2)7-11(3)16-14/h7,12H,4-6,8-9,15H2,1-3H3. The maximum atomic E-state index is 5.90. The maximum absolute atomic E-state index is 5.90. The molecule has 100 valence electrons. The molecule has 1 aromatic heterocycles. The number of hydrogen-bond donors (Lipinski definition) is 1. The number of aryl methyl sites for hydroxylation is 2. The highest BCUT2D eigenvalue weighted by Gasteiger charge is 2.25. The molecule has 1 aromatic rings. The molecule has 0 radical (unpaired) electrons. The fourth-order valence-corrected chi connectivity index (χ4v) is 2.61. The van der Waals surface area contributed by atoms with Gasteiger partial charge in [-0.05, 0) is 31.9 Å². The molecule has 1 fully saturated rings. The molecule has 18 heavy (non-hydrogen) atoms. The number of rotatable bonds is 3. The molecule has 2 heterocycles. The van der Waals surface area contributed by atoms with Crippen molar-refractivity contribution in [1.82, 2.24) is 4.98 Å². The minimum atomic E-state index is 0.415. The summed E-state index contributed by atoms with van der Waals surface area (Å²) in [5.74, 6) is 1.06. The van der Waals surface area contributed by atoms with E-state index in [4.69, 9.17) is 15.5 Å². The molecule has 0 saturated carbocycles. The third-order valence-corrected chi connectivity index (χ3v) is 3.63. The van der Waals surface area contributed by atoms with Gasteiger partial charge in [-0.25, -0.2) is 4.98 Å². The molecule has 0 bridgehead atoms. The highest BCUT2D eigenvalue weighted by atomic mass is 16.5. The molecule has 0 spiro atoms. The monoisotopic (exact) mass is 249 g/mol. The normalized spacial score (nSPS) is 20.2. The van der Waals surface area contributed by atoms with Gasteiger partial charge in [0.05, 0.1) is 19.3 Å². The van der Waals surface area contributed by atoms with Crippen molar-refractivity contribution in [3.8, 4) is 0 Å². The molecule has 1 aliphatic rings. The lowest BCUT2D eigenvalue weighted by molar-refractivity contribution is 0.0924. The van der Waals surface area contributed by atoms with E-state index in [-0.39, 0.29) is 0 Å². The van der Waals surface area contributed by atoms with Crippen LogP contribution < -0.4 is 10.6 Å². The van der Waals surface area contributed by atoms with Gasteiger partial charge in [0, 0.05) is 24.3 Å². The summed E-state index contributed by atoms with van der Waals surface area (Å²) in [5, 5.41) is 0. The van der Waals surface area contributed by atoms with Crippen LogP contribution >= 0.6 is 0 Å². The second-order valence-corrected chi connectivity index (χ2v) is 4.92. The second kappa shape index (κ2) is 5.67. The number of anilines is 1. The molecule has 2 rings (SSSR count). The van der Waals surface area contributed by atoms with Crippen molar-refractivity contribution in [3.63, 3.8) is 0 Å². The van der Waals surface area contributed by atoms with Crippen LogP contribution in [0, 0.1) is 13.8 Å². The zero-order valence-electron chi connectivity index (χ0n) is 11.6. The van der Waals surface area contributed by atoms with Gasteiger partial charge < -0.3 is 15.4 Å². The van der Waals surface area contributed by atoms with Gasteiger partial charge in [-0.3, -0.25) is 0 Å². The predicted octanol–water partition coefficient (Wildman–Crippen LogP) is 1.77. The predicted molar refractivity (Wildman–Crippen MR) is 73.8 cm³/mol. The molecule has 4 heteroatoms. The zero-order valence-corrected chi connectivity index (χ0v) is 11.6. The van der Waals surface area contributed by atoms with Crippen molar-refractivity contribution in [2.45, 2.75) is 39.8 Å². The Kier molecular flexibility index (Phi) is 4.19. The summed E-state index contributed by atoms with van der Waals surface area (Å²) < 4.78 is 5.56. The van der Waals surface area contributed by atoms with E-state index in [1.807, 2.05) is 6.92 Å². The first-order valence-electron chi connectivity index (χ1n) is 6.69. The van der Waals surface area contributed by atoms with Crippen LogP contribution in [-0.4, -0.2) is 30.8 Å². The largest absolute Gasteiger partial charge is 0.377 e. The number of pyridine rings is 1. The summed E-state index contributed by atoms with van der Waals surface area (Å²) in [6, 6.07) is 2.52. The Hall–Kier alpha value is -1.13. The average molecular weight is 249 g/mol. The lowest BCUT2D eigenvalue weighted by Gasteiger charge is -2.37. The minimum Gasteiger partial charge on any atom is -0.377 e. The SMILES string of the molecule is CCC1COCCN1c1nc(C)cc(C)c1CN. The fourth-order valence-electron chi connectivity index (χ4n) is 2.61. The Morgan fingerprint density at radius 1 is 1.50 bits per heavy atom. The first kappa shape index (κ1) is 13.3. The summed E-state index contributed by atoms with van der Waals surface area (Å²) in [6.07, 6.45) is 1.07. The Bertz CT molecular complexity index is 420. The zero-order chi connectivity index (χ0) is 13.1. The Balaban J connectivity index is 2.41. The third-order valence-electron chi connectivity index (χ3n) is 3.63. The molecular formula is C14H23N3O. The number of nitrogens with two attached hydrogens (primary N) is 1. The Morgan fingerprint density at radius 3 is 2.94 bits per heavy atom. The van der Waals surface area contributed by atoms with E-state index in [0.717, 1.165) is 37.7 Å². The van der Waals surface area contributed by atoms with Crippen molar-refractivity contribution in [2.75, 3.05) is 24.7 Å². The van der Waals surface area contributed by atoms with E-state index in [0.29, 0.717) is 12.6 Å². The molecular weight excluding hydrogens is 226 g/mol. The number of morpholine rings is 1. The van der Waals surface area contributed by atoms with Gasteiger partial charge in [0.2, 0.25) is 0 Å². The van der Waals surface area contributed by atoms with Crippen LogP contribution in [0.3, 0.4) is 0 Å². The quantitative estimate of drug-likeness (QED) is 0.887. The summed E-state index contributed by atoms with van der Waals surface area (Å²) in [4.78, 5) is 7.08. The molecule has 1 unspecified atom stereocenters. The first-order chi connectivity index (χ1) is 8.67. The van der Waals surface area contributed by atoms with Gasteiger partial charge in [-0.1, -0.05) is 6.92 Å². The summed E-state index contributed by atoms with van der Waals surface area (Å²) in [7, 11) is 0. The number of nitrogens with zero attached hydrogens (tertiary/aromatic N) is 2. The van der Waals surface area contributed by atoms with Crippen molar-refractivity contribution >= 4 is 5.82 Å². The summed E-state index contributed by atoms with van der Waals surface area (Å²) in [6.45, 7) is 9.35. The fraction of sp³-hybridized carbons (Fsp3) is 0.643. The van der Waals surface area contributed by atoms with Crippen molar-refractivity contribution in [3.05, 3.63) is 22.9 Å². The van der Waals surface area contributed by atoms with Crippen LogP contribution in [0.25, 0.3) is 0 Å². The molecule has 0 aliphatic carbocycles. The summed E-state index contributed by atoms with van der Waals surface area (Å²) in [5.41, 5.74) is 9.36. The van der Waals surface area contributed by atoms with E-state index in [9.17, 15) is 0 Å². The van der Waals surface area contributed by atoms with E-state index in [1.54, 1.807) is 0 Å². The van der Waals surface area contributed by atoms with Crippen molar-refractivity contribution in [2.24, 2.45) is 5.73 Å². The molecule has 2 N–H and O–H groups in total. The van der Waals surface area contributed by atoms with Crippen molar-refractivity contribution in [1.29, 1.82) is 0 Å². The second-order valence-electron chi connectivity index (χ2n) is 4.92. The minimum absolute atomic E-state index is 0.415. The number of aromatic nitrogens is 1. The topological polar surface area (TPSA) is 51.4 Å². The van der Waals surface area contributed by atoms with Crippen LogP contribution in [0.15, 0.2) is 6.07 Å². The van der Waals surface area contributed by atoms with Crippen molar-refractivity contribution < 1.29 is 4.74 Å². The molecule has 4 nitrogen and oxygen atoms in total. The highest BCUT2D eigenvalue weighted by Crippen LogP contribution is 2.26. The van der Waals surface area contributed by atoms with Gasteiger partial charge in [-0.15, -0.1) is 0 Å². The van der Waals surface area contributed by atoms with E-state index >= 15 is 0 Å². The average Bonchev–Trinajstić information content (AvgIpc) is 2.38. The van der Waals surface area contributed by atoms with Gasteiger partial charge in [0.25, 0.3) is 0 Å². The molecule has 0 aromatic carbocycles. The van der Waals surface area contributed by atoms with E-state index in [2.05, 4.69) is 24.8 Å². The Morgan fingerprint density at radius 2 is 2.28 bits per heavy atom. The van der Waals surface area contributed by atoms with Gasteiger partial charge >= 0.3 is 0 Å². The molecule has 1 aliphatic heterocycles. The van der Waals surface area contributed by atoms with Crippen LogP contribution in [0.2, 0.25) is 0 Å². The smallest absolute Gasteiger partial charge is 0.134 e. The molecule has 1 atom stereocenters. The molecule has 0 amide bonds. The van der Waals surface area contributed by atoms with Crippen LogP contribution in [-0.2, 0) is 11.3 Å². The van der Waals surface area contributed by atoms with Crippen LogP contribution in [0.4, 0.5) is 5.82 Å². The highest BCUT2D eigenvalue weighted by molar-refractivity contribution is 5.52. The van der Waals surface area contributed by atoms with Gasteiger partial charge in [0.1, 0.15) is 5.82 Å². The summed E-state index contributed by atoms with van der Waals surface area (Å²) >= 11 is 0. The first-order valence-corrected chi connectivity index (χ1v) is 6.69. The van der Waals surface area contributed by atoms with Gasteiger partial charge in [-0.2, -0.15) is 0 Å². The van der Waals surface area contributed by atoms with E-state index < -0.39 is 0 Å². The Labute approximate surface area is 109 Å².